The van der Waals surface area contributed by atoms with Gasteiger partial charge in [-0.15, -0.1) is 0 Å². The number of halogens is 1. The zero-order chi connectivity index (χ0) is 13.2. The van der Waals surface area contributed by atoms with Gasteiger partial charge in [-0.2, -0.15) is 0 Å². The number of aliphatic hydroxyl groups is 1. The van der Waals surface area contributed by atoms with Gasteiger partial charge in [0, 0.05) is 18.1 Å². The van der Waals surface area contributed by atoms with Crippen LogP contribution < -0.4 is 0 Å². The lowest BCUT2D eigenvalue weighted by Crippen LogP contribution is -2.26. The molecule has 1 heterocycles. The lowest BCUT2D eigenvalue weighted by atomic mass is 10.0. The van der Waals surface area contributed by atoms with Crippen molar-refractivity contribution in [3.05, 3.63) is 34.9 Å². The summed E-state index contributed by atoms with van der Waals surface area (Å²) >= 11 is 6.15. The third-order valence-electron chi connectivity index (χ3n) is 3.08. The number of rotatable bonds is 4. The average Bonchev–Trinajstić information content (AvgIpc) is 2.57. The molecular weight excluding hydrogens is 252 g/mol. The molecule has 0 amide bonds. The van der Waals surface area contributed by atoms with Crippen LogP contribution in [0.25, 0.3) is 0 Å². The fraction of sp³-hybridized carbons (Fsp3) is 0.571. The number of ether oxygens (including phenoxy) is 2. The molecule has 2 unspecified atom stereocenters. The first kappa shape index (κ1) is 13.8. The first-order valence-corrected chi connectivity index (χ1v) is 6.59. The highest BCUT2D eigenvalue weighted by Gasteiger charge is 2.40. The smallest absolute Gasteiger partial charge is 0.163 e. The summed E-state index contributed by atoms with van der Waals surface area (Å²) in [5.41, 5.74) is 1.05. The van der Waals surface area contributed by atoms with Crippen LogP contribution >= 0.6 is 11.6 Å². The number of aliphatic hydroxyl groups excluding tert-OH is 1. The van der Waals surface area contributed by atoms with Crippen molar-refractivity contribution in [1.29, 1.82) is 0 Å². The Labute approximate surface area is 113 Å². The quantitative estimate of drug-likeness (QED) is 0.914. The Kier molecular flexibility index (Phi) is 4.28. The van der Waals surface area contributed by atoms with Crippen molar-refractivity contribution >= 4 is 11.6 Å². The highest BCUT2D eigenvalue weighted by molar-refractivity contribution is 6.31. The summed E-state index contributed by atoms with van der Waals surface area (Å²) in [6.07, 6.45) is 1.14. The fourth-order valence-electron chi connectivity index (χ4n) is 2.33. The second kappa shape index (κ2) is 5.57. The maximum absolute atomic E-state index is 9.07. The minimum atomic E-state index is -0.592. The van der Waals surface area contributed by atoms with Crippen LogP contribution in [0, 0.1) is 0 Å². The monoisotopic (exact) mass is 270 g/mol. The van der Waals surface area contributed by atoms with Crippen LogP contribution in [-0.4, -0.2) is 29.7 Å². The van der Waals surface area contributed by atoms with Crippen molar-refractivity contribution < 1.29 is 14.6 Å². The summed E-state index contributed by atoms with van der Waals surface area (Å²) < 4.78 is 11.7. The van der Waals surface area contributed by atoms with Gasteiger partial charge in [0.25, 0.3) is 0 Å². The minimum Gasteiger partial charge on any atom is -0.396 e. The van der Waals surface area contributed by atoms with Gasteiger partial charge in [0.1, 0.15) is 0 Å². The topological polar surface area (TPSA) is 38.7 Å². The minimum absolute atomic E-state index is 0.0629. The van der Waals surface area contributed by atoms with E-state index < -0.39 is 5.79 Å². The van der Waals surface area contributed by atoms with E-state index in [9.17, 15) is 0 Å². The van der Waals surface area contributed by atoms with E-state index in [2.05, 4.69) is 0 Å². The van der Waals surface area contributed by atoms with Gasteiger partial charge in [-0.1, -0.05) is 29.8 Å². The van der Waals surface area contributed by atoms with E-state index in [4.69, 9.17) is 26.2 Å². The van der Waals surface area contributed by atoms with Crippen LogP contribution in [0.5, 0.6) is 0 Å². The fourth-order valence-corrected chi connectivity index (χ4v) is 2.55. The zero-order valence-electron chi connectivity index (χ0n) is 10.7. The summed E-state index contributed by atoms with van der Waals surface area (Å²) in [5, 5.41) is 9.82. The number of hydrogen-bond donors (Lipinski definition) is 1. The molecule has 2 rings (SSSR count). The molecule has 2 atom stereocenters. The number of hydrogen-bond acceptors (Lipinski definition) is 3. The van der Waals surface area contributed by atoms with E-state index in [1.165, 1.54) is 0 Å². The molecule has 1 aliphatic rings. The molecule has 0 bridgehead atoms. The van der Waals surface area contributed by atoms with Crippen molar-refractivity contribution in [2.75, 3.05) is 6.61 Å². The van der Waals surface area contributed by atoms with Crippen LogP contribution in [-0.2, 0) is 15.9 Å². The Hall–Kier alpha value is -0.610. The molecule has 0 spiro atoms. The normalized spacial score (nSPS) is 26.4. The lowest BCUT2D eigenvalue weighted by molar-refractivity contribution is -0.147. The number of benzene rings is 1. The maximum Gasteiger partial charge on any atom is 0.163 e. The van der Waals surface area contributed by atoms with Crippen LogP contribution in [0.15, 0.2) is 24.3 Å². The summed E-state index contributed by atoms with van der Waals surface area (Å²) in [6, 6.07) is 7.74. The second-order valence-electron chi connectivity index (χ2n) is 5.02. The van der Waals surface area contributed by atoms with Gasteiger partial charge in [0.05, 0.1) is 12.2 Å². The Bertz CT molecular complexity index is 406. The van der Waals surface area contributed by atoms with E-state index in [1.807, 2.05) is 38.1 Å². The molecule has 0 radical (unpaired) electrons. The SMILES string of the molecule is CC1(C)OC(CCO)C(Cc2ccccc2Cl)O1. The van der Waals surface area contributed by atoms with Gasteiger partial charge in [-0.3, -0.25) is 0 Å². The van der Waals surface area contributed by atoms with Crippen molar-refractivity contribution in [3.8, 4) is 0 Å². The van der Waals surface area contributed by atoms with Gasteiger partial charge >= 0.3 is 0 Å². The highest BCUT2D eigenvalue weighted by Crippen LogP contribution is 2.32. The Morgan fingerprint density at radius 2 is 1.89 bits per heavy atom. The molecule has 1 aromatic rings. The largest absolute Gasteiger partial charge is 0.396 e. The van der Waals surface area contributed by atoms with E-state index in [0.717, 1.165) is 10.6 Å². The molecule has 1 aromatic carbocycles. The van der Waals surface area contributed by atoms with Gasteiger partial charge in [-0.25, -0.2) is 0 Å². The van der Waals surface area contributed by atoms with Crippen molar-refractivity contribution in [2.24, 2.45) is 0 Å². The molecule has 4 heteroatoms. The Balaban J connectivity index is 2.10. The van der Waals surface area contributed by atoms with E-state index in [-0.39, 0.29) is 18.8 Å². The molecule has 0 saturated carbocycles. The Morgan fingerprint density at radius 3 is 2.56 bits per heavy atom. The van der Waals surface area contributed by atoms with Crippen molar-refractivity contribution in [2.45, 2.75) is 44.7 Å². The van der Waals surface area contributed by atoms with Crippen molar-refractivity contribution in [3.63, 3.8) is 0 Å². The molecule has 1 saturated heterocycles. The molecule has 18 heavy (non-hydrogen) atoms. The summed E-state index contributed by atoms with van der Waals surface area (Å²) in [4.78, 5) is 0. The third kappa shape index (κ3) is 3.23. The highest BCUT2D eigenvalue weighted by atomic mass is 35.5. The Morgan fingerprint density at radius 1 is 1.22 bits per heavy atom. The summed E-state index contributed by atoms with van der Waals surface area (Å²) in [6.45, 7) is 3.89. The first-order valence-electron chi connectivity index (χ1n) is 6.22. The molecule has 0 aliphatic carbocycles. The van der Waals surface area contributed by atoms with Crippen LogP contribution in [0.2, 0.25) is 5.02 Å². The first-order chi connectivity index (χ1) is 8.52. The standard InChI is InChI=1S/C14H19ClO3/c1-14(2)17-12(7-8-16)13(18-14)9-10-5-3-4-6-11(10)15/h3-6,12-13,16H,7-9H2,1-2H3. The molecule has 1 aliphatic heterocycles. The maximum atomic E-state index is 9.07. The van der Waals surface area contributed by atoms with Crippen LogP contribution in [0.4, 0.5) is 0 Å². The lowest BCUT2D eigenvalue weighted by Gasteiger charge is -2.17. The van der Waals surface area contributed by atoms with Gasteiger partial charge in [-0.05, 0) is 31.9 Å². The summed E-state index contributed by atoms with van der Waals surface area (Å²) in [7, 11) is 0. The molecule has 1 N–H and O–H groups in total. The second-order valence-corrected chi connectivity index (χ2v) is 5.43. The van der Waals surface area contributed by atoms with Gasteiger partial charge < -0.3 is 14.6 Å². The predicted octanol–water partition coefficient (Wildman–Crippen LogP) is 2.79. The average molecular weight is 271 g/mol. The van der Waals surface area contributed by atoms with Gasteiger partial charge in [0.15, 0.2) is 5.79 Å². The van der Waals surface area contributed by atoms with Crippen LogP contribution in [0.3, 0.4) is 0 Å². The molecule has 1 fully saturated rings. The predicted molar refractivity (Wildman–Crippen MR) is 70.7 cm³/mol. The molecule has 3 nitrogen and oxygen atoms in total. The third-order valence-corrected chi connectivity index (χ3v) is 3.45. The van der Waals surface area contributed by atoms with E-state index in [1.54, 1.807) is 0 Å². The van der Waals surface area contributed by atoms with E-state index in [0.29, 0.717) is 12.8 Å². The molecular formula is C14H19ClO3. The summed E-state index contributed by atoms with van der Waals surface area (Å²) in [5.74, 6) is -0.592. The van der Waals surface area contributed by atoms with E-state index >= 15 is 0 Å². The molecule has 100 valence electrons. The van der Waals surface area contributed by atoms with Crippen molar-refractivity contribution in [1.82, 2.24) is 0 Å². The zero-order valence-corrected chi connectivity index (χ0v) is 11.5. The molecule has 0 aromatic heterocycles. The van der Waals surface area contributed by atoms with Crippen LogP contribution in [0.1, 0.15) is 25.8 Å². The van der Waals surface area contributed by atoms with Gasteiger partial charge in [0.2, 0.25) is 0 Å².